The largest absolute Gasteiger partial charge is 0.361 e. The van der Waals surface area contributed by atoms with E-state index in [0.717, 1.165) is 25.2 Å². The second-order valence-electron chi connectivity index (χ2n) is 5.27. The van der Waals surface area contributed by atoms with Gasteiger partial charge in [-0.1, -0.05) is 11.6 Å². The fourth-order valence-corrected chi connectivity index (χ4v) is 2.50. The van der Waals surface area contributed by atoms with E-state index in [9.17, 15) is 0 Å². The van der Waals surface area contributed by atoms with Crippen molar-refractivity contribution in [3.63, 3.8) is 0 Å². The second-order valence-corrected chi connectivity index (χ2v) is 5.27. The normalized spacial score (nSPS) is 11.3. The van der Waals surface area contributed by atoms with E-state index in [1.54, 1.807) is 0 Å². The molecule has 0 aliphatic carbocycles. The molecule has 104 valence electrons. The highest BCUT2D eigenvalue weighted by Crippen LogP contribution is 2.19. The summed E-state index contributed by atoms with van der Waals surface area (Å²) in [7, 11) is 1.94. The molecule has 0 bridgehead atoms. The maximum Gasteiger partial charge on any atom is 0.0762 e. The van der Waals surface area contributed by atoms with Crippen LogP contribution in [-0.4, -0.2) is 21.3 Å². The number of H-pyrrole nitrogens is 1. The van der Waals surface area contributed by atoms with Crippen LogP contribution in [0.1, 0.15) is 16.8 Å². The first-order valence-corrected chi connectivity index (χ1v) is 6.98. The highest BCUT2D eigenvalue weighted by Gasteiger charge is 2.03. The number of benzene rings is 1. The maximum absolute atomic E-state index is 4.35. The third-order valence-corrected chi connectivity index (χ3v) is 3.57. The van der Waals surface area contributed by atoms with Gasteiger partial charge >= 0.3 is 0 Å². The van der Waals surface area contributed by atoms with Crippen LogP contribution in [0.3, 0.4) is 0 Å². The van der Waals surface area contributed by atoms with Gasteiger partial charge in [0.1, 0.15) is 0 Å². The van der Waals surface area contributed by atoms with Crippen molar-refractivity contribution < 1.29 is 0 Å². The number of rotatable bonds is 5. The molecule has 0 unspecified atom stereocenters. The summed E-state index contributed by atoms with van der Waals surface area (Å²) in [5.74, 6) is 0. The van der Waals surface area contributed by atoms with Crippen LogP contribution in [0.15, 0.2) is 36.7 Å². The Morgan fingerprint density at radius 2 is 2.20 bits per heavy atom. The van der Waals surface area contributed by atoms with Crippen molar-refractivity contribution in [2.75, 3.05) is 6.54 Å². The van der Waals surface area contributed by atoms with Crippen molar-refractivity contribution in [2.45, 2.75) is 19.9 Å². The Kier molecular flexibility index (Phi) is 3.56. The Bertz CT molecular complexity index is 708. The van der Waals surface area contributed by atoms with Gasteiger partial charge in [0.2, 0.25) is 0 Å². The Hall–Kier alpha value is -2.07. The minimum atomic E-state index is 0.822. The van der Waals surface area contributed by atoms with Crippen molar-refractivity contribution in [2.24, 2.45) is 7.05 Å². The van der Waals surface area contributed by atoms with Crippen LogP contribution < -0.4 is 5.32 Å². The van der Waals surface area contributed by atoms with Gasteiger partial charge in [-0.15, -0.1) is 0 Å². The molecule has 3 aromatic rings. The summed E-state index contributed by atoms with van der Waals surface area (Å²) in [6.07, 6.45) is 5.11. The van der Waals surface area contributed by atoms with Crippen LogP contribution in [0.5, 0.6) is 0 Å². The molecule has 0 saturated heterocycles. The maximum atomic E-state index is 4.35. The van der Waals surface area contributed by atoms with Crippen LogP contribution in [0, 0.1) is 6.92 Å². The molecule has 0 aliphatic heterocycles. The summed E-state index contributed by atoms with van der Waals surface area (Å²) in [4.78, 5) is 3.33. The van der Waals surface area contributed by atoms with Crippen molar-refractivity contribution in [3.05, 3.63) is 53.5 Å². The van der Waals surface area contributed by atoms with E-state index in [1.807, 2.05) is 24.0 Å². The van der Waals surface area contributed by atoms with Gasteiger partial charge in [0.25, 0.3) is 0 Å². The summed E-state index contributed by atoms with van der Waals surface area (Å²) in [5.41, 5.74) is 4.98. The summed E-state index contributed by atoms with van der Waals surface area (Å²) in [6, 6.07) is 8.58. The summed E-state index contributed by atoms with van der Waals surface area (Å²) in [5, 5.41) is 9.14. The third kappa shape index (κ3) is 2.75. The molecule has 2 aromatic heterocycles. The second kappa shape index (κ2) is 5.51. The summed E-state index contributed by atoms with van der Waals surface area (Å²) < 4.78 is 1.83. The summed E-state index contributed by atoms with van der Waals surface area (Å²) in [6.45, 7) is 3.91. The molecule has 1 aromatic carbocycles. The van der Waals surface area contributed by atoms with Crippen molar-refractivity contribution in [1.82, 2.24) is 20.1 Å². The monoisotopic (exact) mass is 268 g/mol. The first-order valence-electron chi connectivity index (χ1n) is 6.98. The Balaban J connectivity index is 1.58. The van der Waals surface area contributed by atoms with E-state index in [0.29, 0.717) is 0 Å². The molecule has 0 radical (unpaired) electrons. The predicted octanol–water partition coefficient (Wildman–Crippen LogP) is 2.54. The number of nitrogens with one attached hydrogen (secondary N) is 2. The van der Waals surface area contributed by atoms with Gasteiger partial charge in [-0.2, -0.15) is 5.10 Å². The van der Waals surface area contributed by atoms with E-state index in [2.05, 4.69) is 46.7 Å². The third-order valence-electron chi connectivity index (χ3n) is 3.57. The molecule has 0 atom stereocenters. The molecule has 0 spiro atoms. The average molecular weight is 268 g/mol. The van der Waals surface area contributed by atoms with Gasteiger partial charge in [-0.05, 0) is 43.7 Å². The molecule has 2 heterocycles. The van der Waals surface area contributed by atoms with Gasteiger partial charge in [0.05, 0.1) is 5.69 Å². The smallest absolute Gasteiger partial charge is 0.0762 e. The quantitative estimate of drug-likeness (QED) is 0.699. The van der Waals surface area contributed by atoms with Gasteiger partial charge in [0.15, 0.2) is 0 Å². The minimum Gasteiger partial charge on any atom is -0.361 e. The lowest BCUT2D eigenvalue weighted by atomic mass is 10.1. The van der Waals surface area contributed by atoms with E-state index in [1.165, 1.54) is 22.0 Å². The molecule has 4 heteroatoms. The van der Waals surface area contributed by atoms with Gasteiger partial charge in [-0.3, -0.25) is 4.68 Å². The number of aromatic amines is 1. The van der Waals surface area contributed by atoms with Crippen LogP contribution in [0.2, 0.25) is 0 Å². The highest BCUT2D eigenvalue weighted by atomic mass is 15.3. The molecule has 0 aliphatic rings. The molecule has 2 N–H and O–H groups in total. The average Bonchev–Trinajstić information content (AvgIpc) is 3.01. The zero-order valence-electron chi connectivity index (χ0n) is 12.0. The molecular weight excluding hydrogens is 248 g/mol. The zero-order chi connectivity index (χ0) is 13.9. The fraction of sp³-hybridized carbons (Fsp3) is 0.312. The first kappa shape index (κ1) is 12.9. The Morgan fingerprint density at radius 3 is 3.00 bits per heavy atom. The number of hydrogen-bond donors (Lipinski definition) is 2. The molecule has 0 amide bonds. The van der Waals surface area contributed by atoms with Crippen LogP contribution in [-0.2, 0) is 20.0 Å². The predicted molar refractivity (Wildman–Crippen MR) is 81.7 cm³/mol. The minimum absolute atomic E-state index is 0.822. The molecular formula is C16H20N4. The van der Waals surface area contributed by atoms with E-state index in [-0.39, 0.29) is 0 Å². The van der Waals surface area contributed by atoms with Gasteiger partial charge in [0, 0.05) is 36.9 Å². The number of aryl methyl sites for hydroxylation is 2. The van der Waals surface area contributed by atoms with Crippen molar-refractivity contribution in [1.29, 1.82) is 0 Å². The Morgan fingerprint density at radius 1 is 1.30 bits per heavy atom. The lowest BCUT2D eigenvalue weighted by molar-refractivity contribution is 0.655. The lowest BCUT2D eigenvalue weighted by Gasteiger charge is -2.03. The molecule has 3 rings (SSSR count). The summed E-state index contributed by atoms with van der Waals surface area (Å²) >= 11 is 0. The highest BCUT2D eigenvalue weighted by molar-refractivity contribution is 5.83. The zero-order valence-corrected chi connectivity index (χ0v) is 12.0. The van der Waals surface area contributed by atoms with E-state index < -0.39 is 0 Å². The molecule has 0 saturated carbocycles. The first-order chi connectivity index (χ1) is 9.72. The number of nitrogens with zero attached hydrogens (tertiary/aromatic N) is 2. The van der Waals surface area contributed by atoms with Gasteiger partial charge < -0.3 is 10.3 Å². The number of hydrogen-bond acceptors (Lipinski definition) is 2. The molecule has 4 nitrogen and oxygen atoms in total. The lowest BCUT2D eigenvalue weighted by Crippen LogP contribution is -2.17. The van der Waals surface area contributed by atoms with E-state index in [4.69, 9.17) is 0 Å². The van der Waals surface area contributed by atoms with Crippen LogP contribution in [0.4, 0.5) is 0 Å². The van der Waals surface area contributed by atoms with Crippen molar-refractivity contribution in [3.8, 4) is 0 Å². The van der Waals surface area contributed by atoms with Crippen LogP contribution in [0.25, 0.3) is 10.9 Å². The van der Waals surface area contributed by atoms with Crippen LogP contribution >= 0.6 is 0 Å². The number of aromatic nitrogens is 3. The standard InChI is InChI=1S/C16H20N4/c1-12-3-4-16-15(9-12)13(10-18-16)5-7-17-11-14-6-8-20(2)19-14/h3-4,6,8-10,17-18H,5,7,11H2,1-2H3. The SMILES string of the molecule is Cc1ccc2[nH]cc(CCNCc3ccn(C)n3)c2c1. The fourth-order valence-electron chi connectivity index (χ4n) is 2.50. The topological polar surface area (TPSA) is 45.6 Å². The Labute approximate surface area is 118 Å². The molecule has 0 fully saturated rings. The van der Waals surface area contributed by atoms with E-state index >= 15 is 0 Å². The number of fused-ring (bicyclic) bond motifs is 1. The van der Waals surface area contributed by atoms with Crippen molar-refractivity contribution >= 4 is 10.9 Å². The molecule has 20 heavy (non-hydrogen) atoms. The van der Waals surface area contributed by atoms with Gasteiger partial charge in [-0.25, -0.2) is 0 Å².